The second kappa shape index (κ2) is 7.22. The van der Waals surface area contributed by atoms with E-state index in [2.05, 4.69) is 17.2 Å². The zero-order valence-corrected chi connectivity index (χ0v) is 11.5. The number of carbonyl (C=O) groups excluding carboxylic acids is 1. The van der Waals surface area contributed by atoms with Crippen molar-refractivity contribution < 1.29 is 9.90 Å². The van der Waals surface area contributed by atoms with Gasteiger partial charge in [-0.25, -0.2) is 0 Å². The van der Waals surface area contributed by atoms with Crippen LogP contribution in [-0.2, 0) is 11.3 Å². The van der Waals surface area contributed by atoms with Crippen molar-refractivity contribution in [3.8, 4) is 11.8 Å². The highest BCUT2D eigenvalue weighted by Crippen LogP contribution is 2.23. The van der Waals surface area contributed by atoms with Crippen molar-refractivity contribution in [2.24, 2.45) is 5.92 Å². The predicted molar refractivity (Wildman–Crippen MR) is 77.7 cm³/mol. The van der Waals surface area contributed by atoms with Gasteiger partial charge in [0.05, 0.1) is 0 Å². The van der Waals surface area contributed by atoms with E-state index in [1.807, 2.05) is 36.0 Å². The lowest BCUT2D eigenvalue weighted by molar-refractivity contribution is -0.124. The SMILES string of the molecule is O=C(NCc1ccc(C#CCO)cc1)C1CCSC1. The number of nitrogens with one attached hydrogen (secondary N) is 1. The topological polar surface area (TPSA) is 49.3 Å². The molecule has 2 rings (SSSR count). The summed E-state index contributed by atoms with van der Waals surface area (Å²) in [5.74, 6) is 7.83. The number of hydrogen-bond donors (Lipinski definition) is 2. The van der Waals surface area contributed by atoms with E-state index in [1.54, 1.807) is 0 Å². The van der Waals surface area contributed by atoms with Crippen molar-refractivity contribution in [1.29, 1.82) is 0 Å². The van der Waals surface area contributed by atoms with E-state index in [-0.39, 0.29) is 18.4 Å². The molecule has 0 aliphatic carbocycles. The highest BCUT2D eigenvalue weighted by atomic mass is 32.2. The Hall–Kier alpha value is -1.44. The highest BCUT2D eigenvalue weighted by Gasteiger charge is 2.22. The molecule has 0 bridgehead atoms. The second-order valence-corrected chi connectivity index (χ2v) is 5.58. The molecule has 0 radical (unpaired) electrons. The normalized spacial score (nSPS) is 17.6. The van der Waals surface area contributed by atoms with E-state index in [0.717, 1.165) is 29.1 Å². The first kappa shape index (κ1) is 14.0. The Labute approximate surface area is 117 Å². The minimum atomic E-state index is -0.128. The number of thioether (sulfide) groups is 1. The van der Waals surface area contributed by atoms with Gasteiger partial charge in [-0.05, 0) is 29.9 Å². The Bertz CT molecular complexity index is 481. The lowest BCUT2D eigenvalue weighted by atomic mass is 10.1. The van der Waals surface area contributed by atoms with Crippen LogP contribution in [0.25, 0.3) is 0 Å². The monoisotopic (exact) mass is 275 g/mol. The van der Waals surface area contributed by atoms with Crippen LogP contribution in [0.5, 0.6) is 0 Å². The molecule has 4 heteroatoms. The van der Waals surface area contributed by atoms with Crippen molar-refractivity contribution in [2.75, 3.05) is 18.1 Å². The fraction of sp³-hybridized carbons (Fsp3) is 0.400. The van der Waals surface area contributed by atoms with Gasteiger partial charge in [-0.15, -0.1) is 0 Å². The van der Waals surface area contributed by atoms with Crippen molar-refractivity contribution in [2.45, 2.75) is 13.0 Å². The smallest absolute Gasteiger partial charge is 0.224 e. The third-order valence-electron chi connectivity index (χ3n) is 3.03. The number of aliphatic hydroxyl groups is 1. The number of aliphatic hydroxyl groups excluding tert-OH is 1. The summed E-state index contributed by atoms with van der Waals surface area (Å²) in [7, 11) is 0. The van der Waals surface area contributed by atoms with E-state index in [9.17, 15) is 4.79 Å². The molecular weight excluding hydrogens is 258 g/mol. The van der Waals surface area contributed by atoms with Gasteiger partial charge in [0.25, 0.3) is 0 Å². The molecule has 1 aromatic rings. The average molecular weight is 275 g/mol. The summed E-state index contributed by atoms with van der Waals surface area (Å²) in [5, 5.41) is 11.6. The van der Waals surface area contributed by atoms with Crippen LogP contribution in [0.4, 0.5) is 0 Å². The highest BCUT2D eigenvalue weighted by molar-refractivity contribution is 7.99. The minimum Gasteiger partial charge on any atom is -0.384 e. The Morgan fingerprint density at radius 3 is 2.84 bits per heavy atom. The van der Waals surface area contributed by atoms with Gasteiger partial charge in [0.1, 0.15) is 6.61 Å². The molecule has 0 saturated carbocycles. The van der Waals surface area contributed by atoms with Gasteiger partial charge in [-0.1, -0.05) is 24.0 Å². The third-order valence-corrected chi connectivity index (χ3v) is 4.20. The van der Waals surface area contributed by atoms with E-state index >= 15 is 0 Å². The number of amides is 1. The third kappa shape index (κ3) is 4.30. The van der Waals surface area contributed by atoms with Crippen LogP contribution in [0, 0.1) is 17.8 Å². The van der Waals surface area contributed by atoms with Crippen LogP contribution >= 0.6 is 11.8 Å². The van der Waals surface area contributed by atoms with Gasteiger partial charge in [0.15, 0.2) is 0 Å². The van der Waals surface area contributed by atoms with E-state index in [1.165, 1.54) is 0 Å². The average Bonchev–Trinajstić information content (AvgIpc) is 2.98. The molecule has 2 N–H and O–H groups in total. The van der Waals surface area contributed by atoms with Crippen LogP contribution in [0.2, 0.25) is 0 Å². The molecule has 1 aromatic carbocycles. The van der Waals surface area contributed by atoms with Gasteiger partial charge in [0, 0.05) is 23.8 Å². The zero-order valence-electron chi connectivity index (χ0n) is 10.7. The molecule has 1 heterocycles. The van der Waals surface area contributed by atoms with Crippen LogP contribution in [-0.4, -0.2) is 29.1 Å². The lowest BCUT2D eigenvalue weighted by Gasteiger charge is -2.09. The molecular formula is C15H17NO2S. The predicted octanol–water partition coefficient (Wildman–Crippen LogP) is 1.40. The maximum absolute atomic E-state index is 11.9. The number of hydrogen-bond acceptors (Lipinski definition) is 3. The Morgan fingerprint density at radius 2 is 2.21 bits per heavy atom. The molecule has 19 heavy (non-hydrogen) atoms. The van der Waals surface area contributed by atoms with Crippen LogP contribution in [0.3, 0.4) is 0 Å². The van der Waals surface area contributed by atoms with Crippen molar-refractivity contribution in [1.82, 2.24) is 5.32 Å². The largest absolute Gasteiger partial charge is 0.384 e. The molecule has 1 aliphatic heterocycles. The van der Waals surface area contributed by atoms with E-state index in [4.69, 9.17) is 5.11 Å². The standard InChI is InChI=1S/C15H17NO2S/c17-8-1-2-12-3-5-13(6-4-12)10-16-15(18)14-7-9-19-11-14/h3-6,14,17H,7-11H2,(H,16,18). The molecule has 0 spiro atoms. The Morgan fingerprint density at radius 1 is 1.42 bits per heavy atom. The summed E-state index contributed by atoms with van der Waals surface area (Å²) in [6.45, 7) is 0.435. The van der Waals surface area contributed by atoms with Crippen molar-refractivity contribution in [3.05, 3.63) is 35.4 Å². The van der Waals surface area contributed by atoms with Gasteiger partial charge in [0.2, 0.25) is 5.91 Å². The fourth-order valence-corrected chi connectivity index (χ4v) is 3.14. The maximum Gasteiger partial charge on any atom is 0.224 e. The number of benzene rings is 1. The van der Waals surface area contributed by atoms with E-state index in [0.29, 0.717) is 6.54 Å². The minimum absolute atomic E-state index is 0.128. The Kier molecular flexibility index (Phi) is 5.31. The first-order valence-corrected chi connectivity index (χ1v) is 7.49. The van der Waals surface area contributed by atoms with Gasteiger partial charge in [-0.3, -0.25) is 4.79 Å². The first-order chi connectivity index (χ1) is 9.29. The first-order valence-electron chi connectivity index (χ1n) is 6.33. The van der Waals surface area contributed by atoms with Crippen molar-refractivity contribution in [3.63, 3.8) is 0 Å². The summed E-state index contributed by atoms with van der Waals surface area (Å²) in [5.41, 5.74) is 1.94. The molecule has 100 valence electrons. The van der Waals surface area contributed by atoms with Crippen LogP contribution in [0.1, 0.15) is 17.5 Å². The summed E-state index contributed by atoms with van der Waals surface area (Å²) in [6, 6.07) is 7.70. The Balaban J connectivity index is 1.84. The summed E-state index contributed by atoms with van der Waals surface area (Å²) in [4.78, 5) is 11.9. The number of rotatable bonds is 3. The fourth-order valence-electron chi connectivity index (χ4n) is 1.92. The zero-order chi connectivity index (χ0) is 13.5. The molecule has 1 saturated heterocycles. The number of carbonyl (C=O) groups is 1. The lowest BCUT2D eigenvalue weighted by Crippen LogP contribution is -2.30. The molecule has 1 atom stereocenters. The van der Waals surface area contributed by atoms with Crippen LogP contribution in [0.15, 0.2) is 24.3 Å². The molecule has 3 nitrogen and oxygen atoms in total. The van der Waals surface area contributed by atoms with E-state index < -0.39 is 0 Å². The second-order valence-electron chi connectivity index (χ2n) is 4.44. The van der Waals surface area contributed by atoms with Gasteiger partial charge in [-0.2, -0.15) is 11.8 Å². The van der Waals surface area contributed by atoms with Gasteiger partial charge >= 0.3 is 0 Å². The van der Waals surface area contributed by atoms with Crippen molar-refractivity contribution >= 4 is 17.7 Å². The van der Waals surface area contributed by atoms with Gasteiger partial charge < -0.3 is 10.4 Å². The molecule has 1 unspecified atom stereocenters. The molecule has 1 fully saturated rings. The maximum atomic E-state index is 11.9. The quantitative estimate of drug-likeness (QED) is 0.820. The molecule has 1 aliphatic rings. The van der Waals surface area contributed by atoms with Crippen LogP contribution < -0.4 is 5.32 Å². The summed E-state index contributed by atoms with van der Waals surface area (Å²) in [6.07, 6.45) is 0.992. The molecule has 0 aromatic heterocycles. The molecule has 1 amide bonds. The summed E-state index contributed by atoms with van der Waals surface area (Å²) < 4.78 is 0. The summed E-state index contributed by atoms with van der Waals surface area (Å²) >= 11 is 1.85.